The highest BCUT2D eigenvalue weighted by molar-refractivity contribution is 7.90. The molecule has 0 bridgehead atoms. The maximum Gasteiger partial charge on any atom is 0.266 e. The minimum atomic E-state index is -4.07. The van der Waals surface area contributed by atoms with Gasteiger partial charge < -0.3 is 5.32 Å². The number of guanidine groups is 1. The number of anilines is 1. The summed E-state index contributed by atoms with van der Waals surface area (Å²) in [6.45, 7) is 1.57. The minimum absolute atomic E-state index is 0.00444. The lowest BCUT2D eigenvalue weighted by Gasteiger charge is -2.26. The maximum absolute atomic E-state index is 14.9. The van der Waals surface area contributed by atoms with Gasteiger partial charge in [-0.25, -0.2) is 31.3 Å². The molecule has 10 heteroatoms. The van der Waals surface area contributed by atoms with Gasteiger partial charge in [-0.15, -0.1) is 0 Å². The Kier molecular flexibility index (Phi) is 5.87. The van der Waals surface area contributed by atoms with Crippen LogP contribution in [-0.4, -0.2) is 14.4 Å². The van der Waals surface area contributed by atoms with Crippen LogP contribution in [0.1, 0.15) is 29.5 Å². The molecule has 2 N–H and O–H groups in total. The van der Waals surface area contributed by atoms with Gasteiger partial charge in [0.25, 0.3) is 10.0 Å². The zero-order valence-electron chi connectivity index (χ0n) is 16.7. The number of aliphatic imine (C=N–C) groups is 1. The first kappa shape index (κ1) is 22.2. The number of hydrogen-bond acceptors (Lipinski definition) is 3. The molecule has 5 nitrogen and oxygen atoms in total. The third-order valence-corrected chi connectivity index (χ3v) is 6.80. The van der Waals surface area contributed by atoms with Gasteiger partial charge in [-0.1, -0.05) is 42.8 Å². The third kappa shape index (κ3) is 4.18. The summed E-state index contributed by atoms with van der Waals surface area (Å²) in [4.78, 5) is 4.00. The monoisotopic (exact) mass is 479 g/mol. The van der Waals surface area contributed by atoms with E-state index in [-0.39, 0.29) is 39.2 Å². The molecule has 1 aliphatic heterocycles. The second kappa shape index (κ2) is 8.48. The van der Waals surface area contributed by atoms with E-state index in [2.05, 4.69) is 15.0 Å². The molecule has 0 amide bonds. The van der Waals surface area contributed by atoms with Crippen LogP contribution in [0.4, 0.5) is 18.9 Å². The summed E-state index contributed by atoms with van der Waals surface area (Å²) in [5.74, 6) is -2.74. The molecule has 3 aromatic carbocycles. The second-order valence-corrected chi connectivity index (χ2v) is 9.28. The summed E-state index contributed by atoms with van der Waals surface area (Å²) >= 11 is 5.77. The molecule has 0 radical (unpaired) electrons. The SMILES string of the molecule is CC(c1ccccc1F)c1c(F)ccc2c1NC(=NCc1ccc(F)c(Cl)c1)NS2(=O)=O. The fourth-order valence-corrected chi connectivity index (χ4v) is 4.90. The van der Waals surface area contributed by atoms with Crippen LogP contribution >= 0.6 is 11.6 Å². The van der Waals surface area contributed by atoms with Crippen molar-refractivity contribution in [3.63, 3.8) is 0 Å². The number of benzene rings is 3. The molecule has 3 aromatic rings. The van der Waals surface area contributed by atoms with Gasteiger partial charge in [0.1, 0.15) is 22.3 Å². The smallest absolute Gasteiger partial charge is 0.266 e. The van der Waals surface area contributed by atoms with Crippen molar-refractivity contribution < 1.29 is 21.6 Å². The van der Waals surface area contributed by atoms with Crippen molar-refractivity contribution in [2.45, 2.75) is 24.3 Å². The minimum Gasteiger partial charge on any atom is -0.324 e. The summed E-state index contributed by atoms with van der Waals surface area (Å²) in [5, 5.41) is 2.73. The van der Waals surface area contributed by atoms with E-state index in [1.807, 2.05) is 0 Å². The normalized spacial score (nSPS) is 16.7. The van der Waals surface area contributed by atoms with Crippen LogP contribution in [0.5, 0.6) is 0 Å². The highest BCUT2D eigenvalue weighted by Gasteiger charge is 2.32. The number of hydrogen-bond donors (Lipinski definition) is 2. The number of sulfonamides is 1. The molecule has 1 atom stereocenters. The molecule has 0 aromatic heterocycles. The lowest BCUT2D eigenvalue weighted by molar-refractivity contribution is 0.577. The van der Waals surface area contributed by atoms with Gasteiger partial charge in [-0.3, -0.25) is 0 Å². The molecule has 0 saturated carbocycles. The molecule has 1 aliphatic rings. The van der Waals surface area contributed by atoms with E-state index in [1.165, 1.54) is 36.4 Å². The van der Waals surface area contributed by atoms with E-state index in [0.717, 1.165) is 12.1 Å². The first-order valence-corrected chi connectivity index (χ1v) is 11.4. The van der Waals surface area contributed by atoms with Gasteiger partial charge in [0, 0.05) is 11.5 Å². The van der Waals surface area contributed by atoms with Gasteiger partial charge in [0.05, 0.1) is 17.3 Å². The summed E-state index contributed by atoms with van der Waals surface area (Å²) in [7, 11) is -4.07. The Balaban J connectivity index is 1.76. The number of fused-ring (bicyclic) bond motifs is 1. The molecule has 4 rings (SSSR count). The summed E-state index contributed by atoms with van der Waals surface area (Å²) in [5.41, 5.74) is 0.734. The molecule has 1 unspecified atom stereocenters. The molecule has 0 fully saturated rings. The Hall–Kier alpha value is -3.04. The van der Waals surface area contributed by atoms with Crippen molar-refractivity contribution in [3.8, 4) is 0 Å². The van der Waals surface area contributed by atoms with Crippen molar-refractivity contribution in [2.75, 3.05) is 5.32 Å². The van der Waals surface area contributed by atoms with Crippen LogP contribution in [0, 0.1) is 17.5 Å². The first-order chi connectivity index (χ1) is 15.2. The highest BCUT2D eigenvalue weighted by Crippen LogP contribution is 2.38. The van der Waals surface area contributed by atoms with Crippen molar-refractivity contribution in [1.29, 1.82) is 0 Å². The predicted octanol–water partition coefficient (Wildman–Crippen LogP) is 5.17. The van der Waals surface area contributed by atoms with Crippen LogP contribution in [-0.2, 0) is 16.6 Å². The molecule has 166 valence electrons. The summed E-state index contributed by atoms with van der Waals surface area (Å²) in [6.07, 6.45) is 0. The number of halogens is 4. The van der Waals surface area contributed by atoms with Gasteiger partial charge in [0.15, 0.2) is 0 Å². The van der Waals surface area contributed by atoms with Crippen molar-refractivity contribution in [3.05, 3.63) is 93.8 Å². The average molecular weight is 480 g/mol. The summed E-state index contributed by atoms with van der Waals surface area (Å²) < 4.78 is 70.5. The van der Waals surface area contributed by atoms with E-state index in [1.54, 1.807) is 13.0 Å². The van der Waals surface area contributed by atoms with E-state index in [9.17, 15) is 21.6 Å². The van der Waals surface area contributed by atoms with E-state index >= 15 is 0 Å². The topological polar surface area (TPSA) is 70.6 Å². The Labute approximate surface area is 188 Å². The number of nitrogens with zero attached hydrogens (tertiary/aromatic N) is 1. The Morgan fingerprint density at radius 2 is 1.72 bits per heavy atom. The molecular formula is C22H17ClF3N3O2S. The van der Waals surface area contributed by atoms with Crippen LogP contribution in [0.15, 0.2) is 64.5 Å². The van der Waals surface area contributed by atoms with Crippen molar-refractivity contribution >= 4 is 33.3 Å². The number of rotatable bonds is 4. The Morgan fingerprint density at radius 3 is 2.44 bits per heavy atom. The highest BCUT2D eigenvalue weighted by atomic mass is 35.5. The van der Waals surface area contributed by atoms with Crippen LogP contribution in [0.25, 0.3) is 0 Å². The fourth-order valence-electron chi connectivity index (χ4n) is 3.54. The average Bonchev–Trinajstić information content (AvgIpc) is 2.74. The van der Waals surface area contributed by atoms with Crippen LogP contribution < -0.4 is 10.0 Å². The molecule has 1 heterocycles. The van der Waals surface area contributed by atoms with Crippen LogP contribution in [0.3, 0.4) is 0 Å². The molecular weight excluding hydrogens is 463 g/mol. The van der Waals surface area contributed by atoms with Gasteiger partial charge >= 0.3 is 0 Å². The molecule has 0 aliphatic carbocycles. The summed E-state index contributed by atoms with van der Waals surface area (Å²) in [6, 6.07) is 12.1. The van der Waals surface area contributed by atoms with E-state index in [0.29, 0.717) is 5.56 Å². The van der Waals surface area contributed by atoms with E-state index in [4.69, 9.17) is 11.6 Å². The fraction of sp³-hybridized carbons (Fsp3) is 0.136. The lowest BCUT2D eigenvalue weighted by atomic mass is 9.91. The third-order valence-electron chi connectivity index (χ3n) is 5.13. The van der Waals surface area contributed by atoms with E-state index < -0.39 is 33.4 Å². The van der Waals surface area contributed by atoms with Crippen molar-refractivity contribution in [2.24, 2.45) is 4.99 Å². The second-order valence-electron chi connectivity index (χ2n) is 7.22. The molecule has 0 spiro atoms. The van der Waals surface area contributed by atoms with Gasteiger partial charge in [-0.05, 0) is 41.5 Å². The van der Waals surface area contributed by atoms with Gasteiger partial charge in [-0.2, -0.15) is 0 Å². The standard InChI is InChI=1S/C22H17ClF3N3O2S/c1-12(14-4-2-3-5-16(14)24)20-18(26)8-9-19-21(20)28-22(29-32(19,30)31)27-11-13-6-7-17(25)15(23)10-13/h2-10,12H,11H2,1H3,(H2,27,28,29). The van der Waals surface area contributed by atoms with Crippen LogP contribution in [0.2, 0.25) is 5.02 Å². The van der Waals surface area contributed by atoms with Gasteiger partial charge in [0.2, 0.25) is 5.96 Å². The Bertz CT molecular complexity index is 1350. The first-order valence-electron chi connectivity index (χ1n) is 9.52. The van der Waals surface area contributed by atoms with Crippen molar-refractivity contribution in [1.82, 2.24) is 4.72 Å². The quantitative estimate of drug-likeness (QED) is 0.542. The molecule has 32 heavy (non-hydrogen) atoms. The predicted molar refractivity (Wildman–Crippen MR) is 117 cm³/mol. The number of nitrogens with one attached hydrogen (secondary N) is 2. The zero-order valence-corrected chi connectivity index (χ0v) is 18.2. The zero-order chi connectivity index (χ0) is 23.0. The Morgan fingerprint density at radius 1 is 1.00 bits per heavy atom. The lowest BCUT2D eigenvalue weighted by Crippen LogP contribution is -2.41. The largest absolute Gasteiger partial charge is 0.324 e. The molecule has 0 saturated heterocycles. The maximum atomic E-state index is 14.9.